The Morgan fingerprint density at radius 1 is 0.887 bits per heavy atom. The SMILES string of the molecule is CCCCc1ccnc(-n2c3[c-]c(Oc4[c-]c(-n5nc(C)c(C6C(C(C)C)=CCC[C@@H]6C(C)C)c5C)cc(C(C)C)c4)ccc3c3ccccc32)c1.[Pt+2]. The predicted molar refractivity (Wildman–Crippen MR) is 215 cm³/mol. The summed E-state index contributed by atoms with van der Waals surface area (Å²) in [5.41, 5.74) is 10.7. The number of para-hydroxylation sites is 1. The van der Waals surface area contributed by atoms with E-state index in [1.807, 2.05) is 12.3 Å². The van der Waals surface area contributed by atoms with Gasteiger partial charge >= 0.3 is 21.1 Å². The minimum Gasteiger partial charge on any atom is -0.509 e. The molecule has 7 rings (SSSR count). The van der Waals surface area contributed by atoms with Gasteiger partial charge in [-0.25, -0.2) is 4.98 Å². The van der Waals surface area contributed by atoms with E-state index < -0.39 is 0 Å². The zero-order chi connectivity index (χ0) is 36.7. The molecular formula is C47H54N4OPt. The number of fused-ring (bicyclic) bond motifs is 3. The molecule has 0 radical (unpaired) electrons. The van der Waals surface area contributed by atoms with Crippen molar-refractivity contribution in [2.45, 2.75) is 106 Å². The summed E-state index contributed by atoms with van der Waals surface area (Å²) in [4.78, 5) is 4.84. The van der Waals surface area contributed by atoms with Gasteiger partial charge in [-0.2, -0.15) is 11.2 Å². The third-order valence-corrected chi connectivity index (χ3v) is 11.2. The van der Waals surface area contributed by atoms with Crippen LogP contribution in [0.4, 0.5) is 0 Å². The second-order valence-corrected chi connectivity index (χ2v) is 15.8. The summed E-state index contributed by atoms with van der Waals surface area (Å²) in [6.45, 7) is 20.6. The molecule has 0 bridgehead atoms. The molecule has 0 N–H and O–H groups in total. The average molecular weight is 886 g/mol. The summed E-state index contributed by atoms with van der Waals surface area (Å²) < 4.78 is 11.0. The minimum atomic E-state index is 0. The van der Waals surface area contributed by atoms with Crippen molar-refractivity contribution in [2.24, 2.45) is 17.8 Å². The maximum absolute atomic E-state index is 6.70. The fourth-order valence-corrected chi connectivity index (χ4v) is 8.48. The molecule has 53 heavy (non-hydrogen) atoms. The standard InChI is InChI=1S/C47H54N4O.Pt/c1-10-11-15-34-22-23-48-45(24-34)50-43-19-13-12-16-41(43)42-21-20-37(28-44(42)50)52-38-26-35(29(2)3)25-36(27-38)51-33(9)46(32(8)49-51)47-39(30(4)5)17-14-18-40(47)31(6)7;/h12-13,16-17,19-26,29-31,40,47H,10-11,14-15,18H2,1-9H3;/q-2;+2/t40-,47?;/m1./s1. The van der Waals surface area contributed by atoms with Gasteiger partial charge in [0.1, 0.15) is 5.82 Å². The molecule has 1 aliphatic carbocycles. The van der Waals surface area contributed by atoms with Gasteiger partial charge in [-0.15, -0.1) is 41.3 Å². The van der Waals surface area contributed by atoms with Crippen LogP contribution in [-0.2, 0) is 27.5 Å². The molecule has 278 valence electrons. The van der Waals surface area contributed by atoms with Crippen molar-refractivity contribution >= 4 is 21.8 Å². The van der Waals surface area contributed by atoms with E-state index in [0.717, 1.165) is 59.3 Å². The smallest absolute Gasteiger partial charge is 0.509 e. The van der Waals surface area contributed by atoms with Gasteiger partial charge in [0.15, 0.2) is 0 Å². The normalized spacial score (nSPS) is 16.2. The molecule has 3 aromatic heterocycles. The molecule has 2 atom stereocenters. The third kappa shape index (κ3) is 7.57. The van der Waals surface area contributed by atoms with Gasteiger partial charge in [-0.1, -0.05) is 90.3 Å². The van der Waals surface area contributed by atoms with E-state index in [1.165, 1.54) is 34.2 Å². The van der Waals surface area contributed by atoms with Crippen molar-refractivity contribution in [3.8, 4) is 23.0 Å². The number of aryl methyl sites for hydroxylation is 2. The van der Waals surface area contributed by atoms with Crippen LogP contribution in [-0.4, -0.2) is 19.3 Å². The first-order valence-corrected chi connectivity index (χ1v) is 19.5. The summed E-state index contributed by atoms with van der Waals surface area (Å²) in [6, 6.07) is 28.7. The molecule has 1 unspecified atom stereocenters. The van der Waals surface area contributed by atoms with Crippen LogP contribution in [0.2, 0.25) is 0 Å². The molecule has 5 nitrogen and oxygen atoms in total. The maximum atomic E-state index is 6.70. The van der Waals surface area contributed by atoms with Crippen LogP contribution >= 0.6 is 0 Å². The van der Waals surface area contributed by atoms with Crippen LogP contribution in [0.3, 0.4) is 0 Å². The van der Waals surface area contributed by atoms with E-state index in [9.17, 15) is 0 Å². The summed E-state index contributed by atoms with van der Waals surface area (Å²) >= 11 is 0. The number of pyridine rings is 1. The number of ether oxygens (including phenoxy) is 1. The van der Waals surface area contributed by atoms with Crippen molar-refractivity contribution in [2.75, 3.05) is 0 Å². The Kier molecular flexibility index (Phi) is 11.8. The molecular weight excluding hydrogens is 832 g/mol. The van der Waals surface area contributed by atoms with Crippen LogP contribution in [0.15, 0.2) is 78.5 Å². The van der Waals surface area contributed by atoms with Crippen molar-refractivity contribution in [3.05, 3.63) is 119 Å². The Hall–Kier alpha value is -3.95. The molecule has 0 amide bonds. The Morgan fingerprint density at radius 3 is 2.42 bits per heavy atom. The zero-order valence-corrected chi connectivity index (χ0v) is 35.1. The summed E-state index contributed by atoms with van der Waals surface area (Å²) in [6.07, 6.45) is 10.2. The van der Waals surface area contributed by atoms with Crippen LogP contribution in [0, 0.1) is 43.7 Å². The van der Waals surface area contributed by atoms with Crippen LogP contribution in [0.1, 0.15) is 114 Å². The summed E-state index contributed by atoms with van der Waals surface area (Å²) in [5.74, 6) is 4.57. The fourth-order valence-electron chi connectivity index (χ4n) is 8.48. The minimum absolute atomic E-state index is 0. The quantitative estimate of drug-likeness (QED) is 0.0962. The molecule has 0 aliphatic heterocycles. The predicted octanol–water partition coefficient (Wildman–Crippen LogP) is 12.6. The van der Waals surface area contributed by atoms with Crippen molar-refractivity contribution in [1.82, 2.24) is 19.3 Å². The number of hydrogen-bond donors (Lipinski definition) is 0. The molecule has 6 heteroatoms. The molecule has 0 saturated carbocycles. The molecule has 3 aromatic carbocycles. The summed E-state index contributed by atoms with van der Waals surface area (Å²) in [7, 11) is 0. The first-order chi connectivity index (χ1) is 25.0. The molecule has 0 spiro atoms. The number of allylic oxidation sites excluding steroid dienone is 2. The van der Waals surface area contributed by atoms with Crippen molar-refractivity contribution < 1.29 is 25.8 Å². The number of aromatic nitrogens is 4. The van der Waals surface area contributed by atoms with Gasteiger partial charge in [0.25, 0.3) is 0 Å². The number of rotatable bonds is 11. The van der Waals surface area contributed by atoms with E-state index in [1.54, 1.807) is 5.57 Å². The van der Waals surface area contributed by atoms with Crippen molar-refractivity contribution in [3.63, 3.8) is 0 Å². The Morgan fingerprint density at radius 2 is 1.68 bits per heavy atom. The second-order valence-electron chi connectivity index (χ2n) is 15.8. The van der Waals surface area contributed by atoms with E-state index in [-0.39, 0.29) is 21.1 Å². The molecule has 3 heterocycles. The average Bonchev–Trinajstić information content (AvgIpc) is 3.62. The van der Waals surface area contributed by atoms with Gasteiger partial charge in [0, 0.05) is 40.4 Å². The summed E-state index contributed by atoms with van der Waals surface area (Å²) in [5, 5.41) is 7.51. The van der Waals surface area contributed by atoms with Gasteiger partial charge in [0.05, 0.1) is 5.69 Å². The van der Waals surface area contributed by atoms with Gasteiger partial charge in [0.2, 0.25) is 0 Å². The first-order valence-electron chi connectivity index (χ1n) is 19.5. The largest absolute Gasteiger partial charge is 2.00 e. The number of hydrogen-bond acceptors (Lipinski definition) is 3. The van der Waals surface area contributed by atoms with Crippen LogP contribution < -0.4 is 4.74 Å². The third-order valence-electron chi connectivity index (χ3n) is 11.2. The second kappa shape index (κ2) is 16.2. The zero-order valence-electron chi connectivity index (χ0n) is 32.9. The Bertz CT molecular complexity index is 2250. The first kappa shape index (κ1) is 38.8. The Balaban J connectivity index is 0.00000481. The molecule has 0 saturated heterocycles. The van der Waals surface area contributed by atoms with Crippen LogP contribution in [0.25, 0.3) is 33.3 Å². The molecule has 0 fully saturated rings. The van der Waals surface area contributed by atoms with Crippen LogP contribution in [0.5, 0.6) is 11.5 Å². The van der Waals surface area contributed by atoms with E-state index in [2.05, 4.69) is 144 Å². The monoisotopic (exact) mass is 885 g/mol. The Labute approximate surface area is 331 Å². The molecule has 6 aromatic rings. The van der Waals surface area contributed by atoms with E-state index in [4.69, 9.17) is 14.8 Å². The van der Waals surface area contributed by atoms with E-state index >= 15 is 0 Å². The van der Waals surface area contributed by atoms with Gasteiger partial charge in [-0.05, 0) is 98.0 Å². The topological polar surface area (TPSA) is 44.9 Å². The molecule has 1 aliphatic rings. The maximum Gasteiger partial charge on any atom is 2.00 e. The number of nitrogens with zero attached hydrogens (tertiary/aromatic N) is 4. The fraction of sp³-hybridized carbons (Fsp3) is 0.404. The van der Waals surface area contributed by atoms with Gasteiger partial charge in [-0.3, -0.25) is 4.68 Å². The van der Waals surface area contributed by atoms with Crippen molar-refractivity contribution in [1.29, 1.82) is 0 Å². The number of unbranched alkanes of at least 4 members (excludes halogenated alkanes) is 1. The number of benzene rings is 3. The van der Waals surface area contributed by atoms with E-state index in [0.29, 0.717) is 41.1 Å². The van der Waals surface area contributed by atoms with Gasteiger partial charge < -0.3 is 9.30 Å².